The minimum absolute atomic E-state index is 0.136. The lowest BCUT2D eigenvalue weighted by atomic mass is 9.99. The van der Waals surface area contributed by atoms with Crippen LogP contribution in [0.4, 0.5) is 0 Å². The number of carbonyl (C=O) groups is 1. The lowest BCUT2D eigenvalue weighted by molar-refractivity contribution is -0.126. The molecule has 3 rings (SSSR count). The number of hydrogen-bond donors (Lipinski definition) is 1. The summed E-state index contributed by atoms with van der Waals surface area (Å²) in [5, 5.41) is 3.40. The van der Waals surface area contributed by atoms with Crippen molar-refractivity contribution in [3.05, 3.63) is 59.1 Å². The molecular weight excluding hydrogens is 412 g/mol. The minimum Gasteiger partial charge on any atom is -0.494 e. The Bertz CT molecular complexity index is 947. The minimum atomic E-state index is -3.65. The summed E-state index contributed by atoms with van der Waals surface area (Å²) in [6.45, 7) is 3.46. The molecule has 1 saturated heterocycles. The molecule has 29 heavy (non-hydrogen) atoms. The highest BCUT2D eigenvalue weighted by atomic mass is 35.5. The van der Waals surface area contributed by atoms with Gasteiger partial charge in [0, 0.05) is 24.7 Å². The van der Waals surface area contributed by atoms with Gasteiger partial charge < -0.3 is 10.1 Å². The average Bonchev–Trinajstić information content (AvgIpc) is 2.73. The number of piperidine rings is 1. The van der Waals surface area contributed by atoms with E-state index >= 15 is 0 Å². The largest absolute Gasteiger partial charge is 0.494 e. The highest BCUT2D eigenvalue weighted by Gasteiger charge is 2.33. The molecule has 0 saturated carbocycles. The van der Waals surface area contributed by atoms with Gasteiger partial charge in [-0.15, -0.1) is 0 Å². The number of amides is 1. The summed E-state index contributed by atoms with van der Waals surface area (Å²) >= 11 is 5.86. The summed E-state index contributed by atoms with van der Waals surface area (Å²) in [5.74, 6) is 0.251. The summed E-state index contributed by atoms with van der Waals surface area (Å²) in [7, 11) is -3.65. The van der Waals surface area contributed by atoms with E-state index in [1.165, 1.54) is 16.4 Å². The third-order valence-corrected chi connectivity index (χ3v) is 7.01. The van der Waals surface area contributed by atoms with Crippen molar-refractivity contribution in [2.24, 2.45) is 5.92 Å². The number of halogens is 1. The smallest absolute Gasteiger partial charge is 0.243 e. The standard InChI is InChI=1S/C21H25ClN2O4S/c1-2-28-19-7-3-5-16(13-19)14-23-21(25)17-6-4-12-24(15-17)29(26,27)20-10-8-18(22)9-11-20/h3,5,7-11,13,17H,2,4,6,12,14-15H2,1H3,(H,23,25)/t17-/m1/s1. The first-order valence-corrected chi connectivity index (χ1v) is 11.5. The van der Waals surface area contributed by atoms with Crippen molar-refractivity contribution >= 4 is 27.5 Å². The van der Waals surface area contributed by atoms with Gasteiger partial charge in [-0.05, 0) is 61.7 Å². The van der Waals surface area contributed by atoms with Crippen LogP contribution in [0.3, 0.4) is 0 Å². The quantitative estimate of drug-likeness (QED) is 0.721. The van der Waals surface area contributed by atoms with E-state index in [0.29, 0.717) is 37.6 Å². The Balaban J connectivity index is 1.62. The number of ether oxygens (including phenoxy) is 1. The molecule has 0 spiro atoms. The van der Waals surface area contributed by atoms with Crippen molar-refractivity contribution in [3.63, 3.8) is 0 Å². The molecule has 2 aromatic rings. The Morgan fingerprint density at radius 2 is 2.00 bits per heavy atom. The molecule has 1 aliphatic heterocycles. The molecule has 8 heteroatoms. The topological polar surface area (TPSA) is 75.7 Å². The van der Waals surface area contributed by atoms with Gasteiger partial charge in [-0.1, -0.05) is 23.7 Å². The van der Waals surface area contributed by atoms with Crippen LogP contribution in [0.5, 0.6) is 5.75 Å². The number of rotatable bonds is 7. The normalized spacial score (nSPS) is 17.7. The molecule has 2 aromatic carbocycles. The fraction of sp³-hybridized carbons (Fsp3) is 0.381. The number of nitrogens with one attached hydrogen (secondary N) is 1. The predicted molar refractivity (Wildman–Crippen MR) is 112 cm³/mol. The molecule has 0 radical (unpaired) electrons. The van der Waals surface area contributed by atoms with E-state index in [4.69, 9.17) is 16.3 Å². The molecule has 0 aromatic heterocycles. The molecule has 156 valence electrons. The summed E-state index contributed by atoms with van der Waals surface area (Å²) in [5.41, 5.74) is 0.936. The fourth-order valence-corrected chi connectivity index (χ4v) is 5.03. The van der Waals surface area contributed by atoms with Gasteiger partial charge in [-0.25, -0.2) is 8.42 Å². The Morgan fingerprint density at radius 3 is 2.72 bits per heavy atom. The van der Waals surface area contributed by atoms with Crippen LogP contribution < -0.4 is 10.1 Å². The van der Waals surface area contributed by atoms with Crippen molar-refractivity contribution in [3.8, 4) is 5.75 Å². The molecule has 1 N–H and O–H groups in total. The summed E-state index contributed by atoms with van der Waals surface area (Å²) in [4.78, 5) is 12.8. The van der Waals surface area contributed by atoms with Crippen molar-refractivity contribution in [1.29, 1.82) is 0 Å². The molecule has 1 fully saturated rings. The van der Waals surface area contributed by atoms with E-state index in [0.717, 1.165) is 11.3 Å². The average molecular weight is 437 g/mol. The third-order valence-electron chi connectivity index (χ3n) is 4.88. The predicted octanol–water partition coefficient (Wildman–Crippen LogP) is 3.46. The van der Waals surface area contributed by atoms with Crippen LogP contribution >= 0.6 is 11.6 Å². The molecule has 6 nitrogen and oxygen atoms in total. The van der Waals surface area contributed by atoms with E-state index in [2.05, 4.69) is 5.32 Å². The second-order valence-corrected chi connectivity index (χ2v) is 9.33. The van der Waals surface area contributed by atoms with Gasteiger partial charge >= 0.3 is 0 Å². The maximum atomic E-state index is 12.9. The van der Waals surface area contributed by atoms with E-state index < -0.39 is 10.0 Å². The molecule has 1 aliphatic rings. The van der Waals surface area contributed by atoms with Gasteiger partial charge in [-0.3, -0.25) is 4.79 Å². The number of benzene rings is 2. The Morgan fingerprint density at radius 1 is 1.24 bits per heavy atom. The first-order valence-electron chi connectivity index (χ1n) is 9.65. The van der Waals surface area contributed by atoms with Gasteiger partial charge in [0.2, 0.25) is 15.9 Å². The highest BCUT2D eigenvalue weighted by Crippen LogP contribution is 2.25. The molecule has 1 heterocycles. The van der Waals surface area contributed by atoms with E-state index in [1.807, 2.05) is 31.2 Å². The lowest BCUT2D eigenvalue weighted by Crippen LogP contribution is -2.45. The Kier molecular flexibility index (Phi) is 7.16. The fourth-order valence-electron chi connectivity index (χ4n) is 3.38. The molecule has 0 unspecified atom stereocenters. The Hall–Kier alpha value is -2.09. The van der Waals surface area contributed by atoms with Crippen LogP contribution in [0.25, 0.3) is 0 Å². The number of hydrogen-bond acceptors (Lipinski definition) is 4. The van der Waals surface area contributed by atoms with Gasteiger partial charge in [-0.2, -0.15) is 4.31 Å². The zero-order chi connectivity index (χ0) is 20.9. The van der Waals surface area contributed by atoms with Crippen molar-refractivity contribution in [2.45, 2.75) is 31.2 Å². The summed E-state index contributed by atoms with van der Waals surface area (Å²) in [6, 6.07) is 13.7. The first-order chi connectivity index (χ1) is 13.9. The van der Waals surface area contributed by atoms with Crippen LogP contribution in [0.15, 0.2) is 53.4 Å². The number of nitrogens with zero attached hydrogens (tertiary/aromatic N) is 1. The number of sulfonamides is 1. The van der Waals surface area contributed by atoms with Crippen molar-refractivity contribution < 1.29 is 17.9 Å². The maximum absolute atomic E-state index is 12.9. The van der Waals surface area contributed by atoms with Gasteiger partial charge in [0.15, 0.2) is 0 Å². The molecule has 0 aliphatic carbocycles. The van der Waals surface area contributed by atoms with E-state index in [1.54, 1.807) is 12.1 Å². The van der Waals surface area contributed by atoms with Gasteiger partial charge in [0.25, 0.3) is 0 Å². The summed E-state index contributed by atoms with van der Waals surface area (Å²) in [6.07, 6.45) is 1.31. The second-order valence-electron chi connectivity index (χ2n) is 6.95. The van der Waals surface area contributed by atoms with Crippen molar-refractivity contribution in [1.82, 2.24) is 9.62 Å². The zero-order valence-corrected chi connectivity index (χ0v) is 17.9. The zero-order valence-electron chi connectivity index (χ0n) is 16.3. The molecule has 1 atom stereocenters. The Labute approximate surface area is 176 Å². The van der Waals surface area contributed by atoms with Crippen LogP contribution in [-0.2, 0) is 21.4 Å². The van der Waals surface area contributed by atoms with E-state index in [-0.39, 0.29) is 23.3 Å². The molecule has 1 amide bonds. The SMILES string of the molecule is CCOc1cccc(CNC(=O)[C@@H]2CCCN(S(=O)(=O)c3ccc(Cl)cc3)C2)c1. The summed E-state index contributed by atoms with van der Waals surface area (Å²) < 4.78 is 32.6. The first kappa shape index (κ1) is 21.6. The molecule has 0 bridgehead atoms. The lowest BCUT2D eigenvalue weighted by Gasteiger charge is -2.31. The van der Waals surface area contributed by atoms with Gasteiger partial charge in [0.05, 0.1) is 17.4 Å². The van der Waals surface area contributed by atoms with Crippen LogP contribution in [0.1, 0.15) is 25.3 Å². The number of carbonyl (C=O) groups excluding carboxylic acids is 1. The molecular formula is C21H25ClN2O4S. The van der Waals surface area contributed by atoms with Gasteiger partial charge in [0.1, 0.15) is 5.75 Å². The third kappa shape index (κ3) is 5.50. The van der Waals surface area contributed by atoms with Crippen LogP contribution in [-0.4, -0.2) is 38.3 Å². The van der Waals surface area contributed by atoms with Crippen LogP contribution in [0, 0.1) is 5.92 Å². The maximum Gasteiger partial charge on any atom is 0.243 e. The van der Waals surface area contributed by atoms with Crippen LogP contribution in [0.2, 0.25) is 5.02 Å². The highest BCUT2D eigenvalue weighted by molar-refractivity contribution is 7.89. The monoisotopic (exact) mass is 436 g/mol. The second kappa shape index (κ2) is 9.61. The van der Waals surface area contributed by atoms with E-state index in [9.17, 15) is 13.2 Å². The van der Waals surface area contributed by atoms with Crippen molar-refractivity contribution in [2.75, 3.05) is 19.7 Å².